The molecule has 0 bridgehead atoms. The molecule has 114 valence electrons. The zero-order chi connectivity index (χ0) is 15.3. The molecule has 1 aliphatic carbocycles. The van der Waals surface area contributed by atoms with E-state index in [1.165, 1.54) is 28.7 Å². The third kappa shape index (κ3) is 2.19. The van der Waals surface area contributed by atoms with Crippen LogP contribution >= 0.6 is 15.9 Å². The van der Waals surface area contributed by atoms with Gasteiger partial charge in [0.1, 0.15) is 5.75 Å². The molecule has 0 spiro atoms. The van der Waals surface area contributed by atoms with Crippen LogP contribution in [0.5, 0.6) is 5.75 Å². The van der Waals surface area contributed by atoms with Gasteiger partial charge in [0.25, 0.3) is 0 Å². The van der Waals surface area contributed by atoms with Gasteiger partial charge in [0, 0.05) is 19.0 Å². The van der Waals surface area contributed by atoms with Gasteiger partial charge in [0.05, 0.1) is 4.47 Å². The lowest BCUT2D eigenvalue weighted by Crippen LogP contribution is -2.25. The van der Waals surface area contributed by atoms with Crippen molar-refractivity contribution in [3.63, 3.8) is 0 Å². The van der Waals surface area contributed by atoms with Gasteiger partial charge in [0.2, 0.25) is 0 Å². The number of phenolic OH excluding ortho intramolecular Hbond substituents is 1. The molecule has 0 fully saturated rings. The monoisotopic (exact) mass is 357 g/mol. The molecule has 1 aliphatic heterocycles. The van der Waals surface area contributed by atoms with E-state index in [2.05, 4.69) is 58.2 Å². The molecule has 2 atom stereocenters. The van der Waals surface area contributed by atoms with Crippen molar-refractivity contribution >= 4 is 15.9 Å². The van der Waals surface area contributed by atoms with Gasteiger partial charge in [-0.15, -0.1) is 0 Å². The predicted molar refractivity (Wildman–Crippen MR) is 92.7 cm³/mol. The van der Waals surface area contributed by atoms with Crippen molar-refractivity contribution in [3.05, 3.63) is 63.1 Å². The SMILES string of the molecule is CN1C[C@@H]2CCc3c(Br)c(O)cc(c32)[C@H](c2ccccc2)C1. The minimum Gasteiger partial charge on any atom is -0.507 e. The number of hydrogen-bond donors (Lipinski definition) is 1. The number of aromatic hydroxyl groups is 1. The van der Waals surface area contributed by atoms with Crippen molar-refractivity contribution in [2.45, 2.75) is 24.7 Å². The molecule has 0 unspecified atom stereocenters. The summed E-state index contributed by atoms with van der Waals surface area (Å²) in [5.74, 6) is 1.32. The van der Waals surface area contributed by atoms with E-state index in [4.69, 9.17) is 0 Å². The molecule has 0 radical (unpaired) electrons. The third-order valence-electron chi connectivity index (χ3n) is 5.17. The Balaban J connectivity index is 1.94. The fourth-order valence-electron chi connectivity index (χ4n) is 4.23. The number of nitrogens with zero attached hydrogens (tertiary/aromatic N) is 1. The highest BCUT2D eigenvalue weighted by Gasteiger charge is 2.35. The molecule has 0 saturated heterocycles. The van der Waals surface area contributed by atoms with Crippen molar-refractivity contribution in [2.75, 3.05) is 20.1 Å². The van der Waals surface area contributed by atoms with Crippen molar-refractivity contribution in [1.82, 2.24) is 4.90 Å². The Morgan fingerprint density at radius 2 is 1.95 bits per heavy atom. The number of benzene rings is 2. The van der Waals surface area contributed by atoms with E-state index in [0.717, 1.165) is 24.0 Å². The Bertz CT molecular complexity index is 713. The molecule has 2 aromatic carbocycles. The number of phenols is 1. The fourth-order valence-corrected chi connectivity index (χ4v) is 4.75. The van der Waals surface area contributed by atoms with Crippen molar-refractivity contribution in [3.8, 4) is 5.75 Å². The Morgan fingerprint density at radius 1 is 1.18 bits per heavy atom. The van der Waals surface area contributed by atoms with Crippen LogP contribution in [-0.4, -0.2) is 30.1 Å². The van der Waals surface area contributed by atoms with Gasteiger partial charge in [-0.1, -0.05) is 30.3 Å². The lowest BCUT2D eigenvalue weighted by Gasteiger charge is -2.23. The summed E-state index contributed by atoms with van der Waals surface area (Å²) in [5.41, 5.74) is 5.48. The molecule has 3 heteroatoms. The Labute approximate surface area is 139 Å². The van der Waals surface area contributed by atoms with Crippen LogP contribution in [0.1, 0.15) is 40.5 Å². The first-order chi connectivity index (χ1) is 10.6. The average Bonchev–Trinajstić information content (AvgIpc) is 2.88. The maximum Gasteiger partial charge on any atom is 0.130 e. The van der Waals surface area contributed by atoms with E-state index in [1.54, 1.807) is 0 Å². The molecule has 1 heterocycles. The molecule has 0 aromatic heterocycles. The zero-order valence-corrected chi connectivity index (χ0v) is 14.3. The maximum absolute atomic E-state index is 10.4. The molecule has 1 N–H and O–H groups in total. The molecule has 0 saturated carbocycles. The first kappa shape index (κ1) is 14.3. The van der Waals surface area contributed by atoms with Crippen LogP contribution in [-0.2, 0) is 6.42 Å². The van der Waals surface area contributed by atoms with Crippen LogP contribution in [0.25, 0.3) is 0 Å². The van der Waals surface area contributed by atoms with Gasteiger partial charge in [-0.3, -0.25) is 0 Å². The average molecular weight is 358 g/mol. The summed E-state index contributed by atoms with van der Waals surface area (Å²) < 4.78 is 0.908. The van der Waals surface area contributed by atoms with Crippen molar-refractivity contribution in [1.29, 1.82) is 0 Å². The van der Waals surface area contributed by atoms with Crippen LogP contribution in [0.2, 0.25) is 0 Å². The van der Waals surface area contributed by atoms with Gasteiger partial charge in [-0.05, 0) is 70.1 Å². The number of likely N-dealkylation sites (N-methyl/N-ethyl adjacent to an activating group) is 1. The summed E-state index contributed by atoms with van der Waals surface area (Å²) in [5, 5.41) is 10.4. The predicted octanol–water partition coefficient (Wildman–Crippen LogP) is 4.26. The first-order valence-electron chi connectivity index (χ1n) is 7.92. The molecule has 2 nitrogen and oxygen atoms in total. The number of halogens is 1. The van der Waals surface area contributed by atoms with Crippen LogP contribution in [0.4, 0.5) is 0 Å². The van der Waals surface area contributed by atoms with Gasteiger partial charge >= 0.3 is 0 Å². The summed E-state index contributed by atoms with van der Waals surface area (Å²) in [4.78, 5) is 2.45. The van der Waals surface area contributed by atoms with Crippen molar-refractivity contribution in [2.24, 2.45) is 0 Å². The number of hydrogen-bond acceptors (Lipinski definition) is 2. The number of rotatable bonds is 1. The fraction of sp³-hybridized carbons (Fsp3) is 0.368. The van der Waals surface area contributed by atoms with E-state index in [1.807, 2.05) is 6.07 Å². The standard InChI is InChI=1S/C19H20BrNO/c1-21-10-13-7-8-14-18(13)15(9-17(22)19(14)20)16(11-21)12-5-3-2-4-6-12/h2-6,9,13,16,22H,7-8,10-11H2,1H3/t13-,16-/m0/s1. The highest BCUT2D eigenvalue weighted by atomic mass is 79.9. The van der Waals surface area contributed by atoms with Crippen molar-refractivity contribution < 1.29 is 5.11 Å². The molecular weight excluding hydrogens is 338 g/mol. The second-order valence-electron chi connectivity index (χ2n) is 6.61. The second kappa shape index (κ2) is 5.39. The zero-order valence-electron chi connectivity index (χ0n) is 12.7. The lowest BCUT2D eigenvalue weighted by atomic mass is 9.85. The minimum absolute atomic E-state index is 0.335. The Morgan fingerprint density at radius 3 is 2.73 bits per heavy atom. The Hall–Kier alpha value is -1.32. The van der Waals surface area contributed by atoms with Crippen LogP contribution in [0, 0.1) is 0 Å². The van der Waals surface area contributed by atoms with Gasteiger partial charge in [-0.2, -0.15) is 0 Å². The summed E-state index contributed by atoms with van der Waals surface area (Å²) >= 11 is 3.60. The molecule has 0 amide bonds. The van der Waals surface area contributed by atoms with Crippen LogP contribution < -0.4 is 0 Å². The van der Waals surface area contributed by atoms with Gasteiger partial charge in [-0.25, -0.2) is 0 Å². The highest BCUT2D eigenvalue weighted by molar-refractivity contribution is 9.10. The quantitative estimate of drug-likeness (QED) is 0.823. The highest BCUT2D eigenvalue weighted by Crippen LogP contribution is 2.48. The smallest absolute Gasteiger partial charge is 0.130 e. The van der Waals surface area contributed by atoms with Gasteiger partial charge < -0.3 is 10.0 Å². The molecule has 2 aromatic rings. The summed E-state index contributed by atoms with van der Waals surface area (Å²) in [6.45, 7) is 2.12. The minimum atomic E-state index is 0.335. The largest absolute Gasteiger partial charge is 0.507 e. The summed E-state index contributed by atoms with van der Waals surface area (Å²) in [6.07, 6.45) is 2.26. The van der Waals surface area contributed by atoms with E-state index in [-0.39, 0.29) is 0 Å². The molecule has 2 aliphatic rings. The summed E-state index contributed by atoms with van der Waals surface area (Å²) in [7, 11) is 2.22. The Kier molecular flexibility index (Phi) is 3.50. The topological polar surface area (TPSA) is 23.5 Å². The molecule has 22 heavy (non-hydrogen) atoms. The van der Waals surface area contributed by atoms with E-state index in [0.29, 0.717) is 17.6 Å². The van der Waals surface area contributed by atoms with Gasteiger partial charge in [0.15, 0.2) is 0 Å². The first-order valence-corrected chi connectivity index (χ1v) is 8.72. The normalized spacial score (nSPS) is 24.1. The summed E-state index contributed by atoms with van der Waals surface area (Å²) in [6, 6.07) is 12.7. The molecular formula is C19H20BrNO. The maximum atomic E-state index is 10.4. The second-order valence-corrected chi connectivity index (χ2v) is 7.40. The molecule has 4 rings (SSSR count). The van der Waals surface area contributed by atoms with E-state index >= 15 is 0 Å². The van der Waals surface area contributed by atoms with Crippen LogP contribution in [0.3, 0.4) is 0 Å². The van der Waals surface area contributed by atoms with E-state index in [9.17, 15) is 5.11 Å². The van der Waals surface area contributed by atoms with E-state index < -0.39 is 0 Å². The van der Waals surface area contributed by atoms with Crippen LogP contribution in [0.15, 0.2) is 40.9 Å². The lowest BCUT2D eigenvalue weighted by molar-refractivity contribution is 0.312. The third-order valence-corrected chi connectivity index (χ3v) is 6.06.